The number of rotatable bonds is 7. The fraction of sp³-hybridized carbons (Fsp3) is 0.467. The number of thiophene rings is 1. The molecule has 2 rings (SSSR count). The van der Waals surface area contributed by atoms with Gasteiger partial charge >= 0.3 is 0 Å². The average molecular weight is 296 g/mol. The van der Waals surface area contributed by atoms with Crippen LogP contribution in [-0.2, 0) is 17.8 Å². The van der Waals surface area contributed by atoms with Crippen molar-refractivity contribution in [3.05, 3.63) is 34.5 Å². The molecule has 5 heteroatoms. The van der Waals surface area contributed by atoms with E-state index in [1.54, 1.807) is 24.5 Å². The number of hydrogen-bond donors (Lipinski definition) is 1. The summed E-state index contributed by atoms with van der Waals surface area (Å²) in [6.45, 7) is 3.03. The second kappa shape index (κ2) is 7.13. The van der Waals surface area contributed by atoms with Gasteiger partial charge in [-0.3, -0.25) is 4.90 Å². The molecule has 3 nitrogen and oxygen atoms in total. The normalized spacial score (nSPS) is 11.7. The van der Waals surface area contributed by atoms with Gasteiger partial charge < -0.3 is 10.1 Å². The first-order valence-electron chi connectivity index (χ1n) is 6.68. The third-order valence-corrected chi connectivity index (χ3v) is 4.49. The maximum absolute atomic E-state index is 14.1. The van der Waals surface area contributed by atoms with Gasteiger partial charge in [-0.25, -0.2) is 4.39 Å². The molecule has 0 unspecified atom stereocenters. The molecule has 1 aromatic carbocycles. The standard InChI is InChI=1S/C15H21FN2OS/c1-17-9-14-11(10-18(2)7-8-19-3)15-12(16)5-4-6-13(15)20-14/h4-6,17H,7-10H2,1-3H3. The fourth-order valence-corrected chi connectivity index (χ4v) is 3.52. The quantitative estimate of drug-likeness (QED) is 0.850. The van der Waals surface area contributed by atoms with Gasteiger partial charge in [-0.15, -0.1) is 11.3 Å². The van der Waals surface area contributed by atoms with E-state index in [9.17, 15) is 4.39 Å². The van der Waals surface area contributed by atoms with Gasteiger partial charge in [-0.1, -0.05) is 6.07 Å². The van der Waals surface area contributed by atoms with Crippen molar-refractivity contribution < 1.29 is 9.13 Å². The van der Waals surface area contributed by atoms with Gasteiger partial charge in [0.1, 0.15) is 5.82 Å². The predicted molar refractivity (Wildman–Crippen MR) is 82.8 cm³/mol. The Morgan fingerprint density at radius 2 is 2.20 bits per heavy atom. The highest BCUT2D eigenvalue weighted by atomic mass is 32.1. The summed E-state index contributed by atoms with van der Waals surface area (Å²) in [5.41, 5.74) is 1.09. The molecule has 0 fully saturated rings. The van der Waals surface area contributed by atoms with Crippen molar-refractivity contribution in [1.82, 2.24) is 10.2 Å². The van der Waals surface area contributed by atoms with Crippen LogP contribution in [0.4, 0.5) is 4.39 Å². The van der Waals surface area contributed by atoms with Gasteiger partial charge in [0, 0.05) is 41.7 Å². The van der Waals surface area contributed by atoms with E-state index >= 15 is 0 Å². The topological polar surface area (TPSA) is 24.5 Å². The number of hydrogen-bond acceptors (Lipinski definition) is 4. The lowest BCUT2D eigenvalue weighted by molar-refractivity contribution is 0.159. The minimum Gasteiger partial charge on any atom is -0.383 e. The molecule has 2 aromatic rings. The lowest BCUT2D eigenvalue weighted by Crippen LogP contribution is -2.23. The molecule has 1 N–H and O–H groups in total. The van der Waals surface area contributed by atoms with E-state index in [4.69, 9.17) is 4.74 Å². The van der Waals surface area contributed by atoms with E-state index in [1.807, 2.05) is 20.2 Å². The molecule has 0 aliphatic heterocycles. The third-order valence-electron chi connectivity index (χ3n) is 3.29. The molecular weight excluding hydrogens is 275 g/mol. The van der Waals surface area contributed by atoms with Gasteiger partial charge in [-0.05, 0) is 31.8 Å². The first-order chi connectivity index (χ1) is 9.67. The number of nitrogens with one attached hydrogen (secondary N) is 1. The van der Waals surface area contributed by atoms with Crippen molar-refractivity contribution in [3.63, 3.8) is 0 Å². The Morgan fingerprint density at radius 3 is 2.90 bits per heavy atom. The van der Waals surface area contributed by atoms with Gasteiger partial charge in [0.15, 0.2) is 0 Å². The molecule has 0 saturated heterocycles. The molecule has 110 valence electrons. The molecule has 0 aliphatic rings. The monoisotopic (exact) mass is 296 g/mol. The van der Waals surface area contributed by atoms with E-state index in [1.165, 1.54) is 10.9 Å². The summed E-state index contributed by atoms with van der Waals surface area (Å²) in [5.74, 6) is -0.128. The lowest BCUT2D eigenvalue weighted by atomic mass is 10.1. The Balaban J connectivity index is 2.35. The van der Waals surface area contributed by atoms with E-state index < -0.39 is 0 Å². The molecule has 0 spiro atoms. The minimum atomic E-state index is -0.128. The number of benzene rings is 1. The number of ether oxygens (including phenoxy) is 1. The van der Waals surface area contributed by atoms with Crippen molar-refractivity contribution in [2.24, 2.45) is 0 Å². The zero-order chi connectivity index (χ0) is 14.5. The molecule has 0 bridgehead atoms. The lowest BCUT2D eigenvalue weighted by Gasteiger charge is -2.17. The number of likely N-dealkylation sites (N-methyl/N-ethyl adjacent to an activating group) is 1. The maximum atomic E-state index is 14.1. The molecule has 0 atom stereocenters. The average Bonchev–Trinajstić information content (AvgIpc) is 2.76. The van der Waals surface area contributed by atoms with Crippen LogP contribution in [0.25, 0.3) is 10.1 Å². The first kappa shape index (κ1) is 15.4. The summed E-state index contributed by atoms with van der Waals surface area (Å²) >= 11 is 1.67. The summed E-state index contributed by atoms with van der Waals surface area (Å²) in [5, 5.41) is 3.94. The largest absolute Gasteiger partial charge is 0.383 e. The van der Waals surface area contributed by atoms with E-state index in [-0.39, 0.29) is 5.82 Å². The van der Waals surface area contributed by atoms with Gasteiger partial charge in [-0.2, -0.15) is 0 Å². The van der Waals surface area contributed by atoms with Crippen LogP contribution in [0.2, 0.25) is 0 Å². The van der Waals surface area contributed by atoms with Crippen molar-refractivity contribution >= 4 is 21.4 Å². The van der Waals surface area contributed by atoms with Crippen LogP contribution in [0.15, 0.2) is 18.2 Å². The Bertz CT molecular complexity index is 570. The number of halogens is 1. The molecular formula is C15H21FN2OS. The summed E-state index contributed by atoms with van der Waals surface area (Å²) in [4.78, 5) is 3.37. The van der Waals surface area contributed by atoms with Crippen LogP contribution in [0, 0.1) is 5.82 Å². The maximum Gasteiger partial charge on any atom is 0.132 e. The van der Waals surface area contributed by atoms with Crippen molar-refractivity contribution in [2.45, 2.75) is 13.1 Å². The zero-order valence-corrected chi connectivity index (χ0v) is 13.0. The Kier molecular flexibility index (Phi) is 5.48. The van der Waals surface area contributed by atoms with Gasteiger partial charge in [0.05, 0.1) is 6.61 Å². The summed E-state index contributed by atoms with van der Waals surface area (Å²) in [6, 6.07) is 5.30. The van der Waals surface area contributed by atoms with Crippen LogP contribution < -0.4 is 5.32 Å². The van der Waals surface area contributed by atoms with Gasteiger partial charge in [0.2, 0.25) is 0 Å². The van der Waals surface area contributed by atoms with Crippen molar-refractivity contribution in [2.75, 3.05) is 34.4 Å². The highest BCUT2D eigenvalue weighted by Gasteiger charge is 2.16. The summed E-state index contributed by atoms with van der Waals surface area (Å²) in [7, 11) is 5.64. The highest BCUT2D eigenvalue weighted by molar-refractivity contribution is 7.19. The van der Waals surface area contributed by atoms with Crippen molar-refractivity contribution in [1.29, 1.82) is 0 Å². The molecule has 0 aliphatic carbocycles. The highest BCUT2D eigenvalue weighted by Crippen LogP contribution is 2.33. The van der Waals surface area contributed by atoms with E-state index in [0.29, 0.717) is 6.61 Å². The Hall–Kier alpha value is -1.01. The number of fused-ring (bicyclic) bond motifs is 1. The van der Waals surface area contributed by atoms with Crippen LogP contribution >= 0.6 is 11.3 Å². The van der Waals surface area contributed by atoms with Crippen molar-refractivity contribution in [3.8, 4) is 0 Å². The smallest absolute Gasteiger partial charge is 0.132 e. The molecule has 0 radical (unpaired) electrons. The first-order valence-corrected chi connectivity index (χ1v) is 7.49. The Labute approximate surface area is 123 Å². The molecule has 1 aromatic heterocycles. The van der Waals surface area contributed by atoms with Crippen LogP contribution in [0.3, 0.4) is 0 Å². The van der Waals surface area contributed by atoms with Crippen LogP contribution in [0.1, 0.15) is 10.4 Å². The SMILES string of the molecule is CNCc1sc2cccc(F)c2c1CN(C)CCOC. The second-order valence-corrected chi connectivity index (χ2v) is 6.01. The second-order valence-electron chi connectivity index (χ2n) is 4.88. The number of methoxy groups -OCH3 is 1. The van der Waals surface area contributed by atoms with Crippen LogP contribution in [-0.4, -0.2) is 39.3 Å². The third kappa shape index (κ3) is 3.35. The zero-order valence-electron chi connectivity index (χ0n) is 12.2. The predicted octanol–water partition coefficient (Wildman–Crippen LogP) is 2.84. The molecule has 0 saturated carbocycles. The summed E-state index contributed by atoms with van der Waals surface area (Å²) < 4.78 is 20.3. The fourth-order valence-electron chi connectivity index (χ4n) is 2.28. The molecule has 20 heavy (non-hydrogen) atoms. The van der Waals surface area contributed by atoms with Gasteiger partial charge in [0.25, 0.3) is 0 Å². The van der Waals surface area contributed by atoms with E-state index in [0.717, 1.165) is 35.3 Å². The number of nitrogens with zero attached hydrogens (tertiary/aromatic N) is 1. The van der Waals surface area contributed by atoms with Crippen LogP contribution in [0.5, 0.6) is 0 Å². The summed E-state index contributed by atoms with van der Waals surface area (Å²) in [6.07, 6.45) is 0. The van der Waals surface area contributed by atoms with E-state index in [2.05, 4.69) is 10.2 Å². The molecule has 0 amide bonds. The Morgan fingerprint density at radius 1 is 1.40 bits per heavy atom. The molecule has 1 heterocycles. The minimum absolute atomic E-state index is 0.128.